The number of likely N-dealkylation sites (N-methyl/N-ethyl adjacent to an activating group) is 1. The zero-order chi connectivity index (χ0) is 23.2. The number of benzene rings is 2. The molecule has 2 amide bonds. The summed E-state index contributed by atoms with van der Waals surface area (Å²) >= 11 is 9.26. The predicted octanol–water partition coefficient (Wildman–Crippen LogP) is 3.42. The van der Waals surface area contributed by atoms with Crippen LogP contribution >= 0.6 is 27.5 Å². The molecule has 0 heterocycles. The Morgan fingerprint density at radius 1 is 1.16 bits per heavy atom. The molecule has 10 heteroatoms. The Hall–Kier alpha value is -2.10. The van der Waals surface area contributed by atoms with Gasteiger partial charge in [-0.2, -0.15) is 0 Å². The largest absolute Gasteiger partial charge is 0.355 e. The molecule has 0 aliphatic rings. The molecule has 0 bridgehead atoms. The lowest BCUT2D eigenvalue weighted by Gasteiger charge is -2.31. The first-order chi connectivity index (χ1) is 14.5. The molecule has 1 atom stereocenters. The van der Waals surface area contributed by atoms with Crippen molar-refractivity contribution in [1.29, 1.82) is 0 Å². The lowest BCUT2D eigenvalue weighted by atomic mass is 10.1. The molecule has 0 unspecified atom stereocenters. The van der Waals surface area contributed by atoms with E-state index in [0.29, 0.717) is 21.7 Å². The molecule has 0 saturated carbocycles. The molecule has 0 spiro atoms. The van der Waals surface area contributed by atoms with Crippen LogP contribution in [-0.2, 0) is 26.2 Å². The fraction of sp³-hybridized carbons (Fsp3) is 0.333. The molecule has 168 valence electrons. The van der Waals surface area contributed by atoms with Crippen LogP contribution in [0, 0.1) is 0 Å². The van der Waals surface area contributed by atoms with Crippen molar-refractivity contribution in [2.75, 3.05) is 23.7 Å². The van der Waals surface area contributed by atoms with E-state index in [2.05, 4.69) is 21.2 Å². The molecule has 2 aromatic carbocycles. The molecule has 0 aliphatic heterocycles. The average molecular weight is 531 g/mol. The van der Waals surface area contributed by atoms with Gasteiger partial charge in [0.2, 0.25) is 21.8 Å². The van der Waals surface area contributed by atoms with Gasteiger partial charge >= 0.3 is 0 Å². The van der Waals surface area contributed by atoms with E-state index >= 15 is 0 Å². The van der Waals surface area contributed by atoms with Gasteiger partial charge in [0.25, 0.3) is 0 Å². The Morgan fingerprint density at radius 3 is 2.35 bits per heavy atom. The Kier molecular flexibility index (Phi) is 8.90. The molecule has 2 rings (SSSR count). The van der Waals surface area contributed by atoms with Crippen LogP contribution in [0.5, 0.6) is 0 Å². The highest BCUT2D eigenvalue weighted by Crippen LogP contribution is 2.23. The second-order valence-electron chi connectivity index (χ2n) is 6.97. The maximum Gasteiger partial charge on any atom is 0.244 e. The van der Waals surface area contributed by atoms with Crippen molar-refractivity contribution in [3.8, 4) is 0 Å². The number of hydrogen-bond acceptors (Lipinski definition) is 4. The zero-order valence-electron chi connectivity index (χ0n) is 17.5. The number of anilines is 1. The number of hydrogen-bond donors (Lipinski definition) is 1. The van der Waals surface area contributed by atoms with Crippen LogP contribution in [-0.4, -0.2) is 50.5 Å². The van der Waals surface area contributed by atoms with Gasteiger partial charge in [-0.1, -0.05) is 45.7 Å². The van der Waals surface area contributed by atoms with Gasteiger partial charge in [-0.3, -0.25) is 13.9 Å². The van der Waals surface area contributed by atoms with Crippen molar-refractivity contribution in [3.05, 3.63) is 63.6 Å². The Labute approximate surface area is 196 Å². The summed E-state index contributed by atoms with van der Waals surface area (Å²) in [5.74, 6) is -0.822. The molecular formula is C21H25BrClN3O4S. The van der Waals surface area contributed by atoms with E-state index in [-0.39, 0.29) is 12.5 Å². The predicted molar refractivity (Wildman–Crippen MR) is 126 cm³/mol. The lowest BCUT2D eigenvalue weighted by molar-refractivity contribution is -0.139. The van der Waals surface area contributed by atoms with Crippen molar-refractivity contribution in [1.82, 2.24) is 10.2 Å². The van der Waals surface area contributed by atoms with Gasteiger partial charge in [0.15, 0.2) is 0 Å². The summed E-state index contributed by atoms with van der Waals surface area (Å²) in [4.78, 5) is 27.1. The molecule has 0 aliphatic carbocycles. The third-order valence-corrected chi connectivity index (χ3v) is 6.45. The Bertz CT molecular complexity index is 1030. The molecule has 0 fully saturated rings. The van der Waals surface area contributed by atoms with E-state index in [9.17, 15) is 18.0 Å². The molecular weight excluding hydrogens is 506 g/mol. The zero-order valence-corrected chi connectivity index (χ0v) is 20.7. The van der Waals surface area contributed by atoms with Crippen LogP contribution in [0.15, 0.2) is 53.0 Å². The molecule has 0 radical (unpaired) electrons. The SMILES string of the molecule is CCNC(=O)[C@H](C)N(Cc1ccc(Cl)cc1)C(=O)CN(c1cccc(Br)c1)S(C)(=O)=O. The number of carbonyl (C=O) groups is 2. The quantitative estimate of drug-likeness (QED) is 0.538. The number of nitrogens with one attached hydrogen (secondary N) is 1. The summed E-state index contributed by atoms with van der Waals surface area (Å²) < 4.78 is 26.6. The van der Waals surface area contributed by atoms with Gasteiger partial charge in [-0.25, -0.2) is 8.42 Å². The number of carbonyl (C=O) groups excluding carboxylic acids is 2. The van der Waals surface area contributed by atoms with E-state index in [4.69, 9.17) is 11.6 Å². The van der Waals surface area contributed by atoms with Crippen molar-refractivity contribution in [3.63, 3.8) is 0 Å². The highest BCUT2D eigenvalue weighted by molar-refractivity contribution is 9.10. The highest BCUT2D eigenvalue weighted by atomic mass is 79.9. The topological polar surface area (TPSA) is 86.8 Å². The van der Waals surface area contributed by atoms with Crippen molar-refractivity contribution in [2.24, 2.45) is 0 Å². The first-order valence-corrected chi connectivity index (χ1v) is 12.6. The van der Waals surface area contributed by atoms with Gasteiger partial charge < -0.3 is 10.2 Å². The maximum absolute atomic E-state index is 13.3. The third-order valence-electron chi connectivity index (χ3n) is 4.56. The molecule has 31 heavy (non-hydrogen) atoms. The molecule has 2 aromatic rings. The van der Waals surface area contributed by atoms with Crippen LogP contribution in [0.25, 0.3) is 0 Å². The third kappa shape index (κ3) is 7.22. The lowest BCUT2D eigenvalue weighted by Crippen LogP contribution is -2.51. The minimum atomic E-state index is -3.75. The molecule has 1 N–H and O–H groups in total. The Balaban J connectivity index is 2.37. The van der Waals surface area contributed by atoms with Gasteiger partial charge in [0, 0.05) is 22.6 Å². The normalized spacial score (nSPS) is 12.2. The van der Waals surface area contributed by atoms with E-state index in [0.717, 1.165) is 16.1 Å². The van der Waals surface area contributed by atoms with Gasteiger partial charge in [0.05, 0.1) is 11.9 Å². The number of sulfonamides is 1. The fourth-order valence-electron chi connectivity index (χ4n) is 2.94. The molecule has 0 saturated heterocycles. The number of halogens is 2. The summed E-state index contributed by atoms with van der Waals surface area (Å²) in [6.07, 6.45) is 1.04. The summed E-state index contributed by atoms with van der Waals surface area (Å²) in [6, 6.07) is 12.8. The van der Waals surface area contributed by atoms with Crippen molar-refractivity contribution < 1.29 is 18.0 Å². The van der Waals surface area contributed by atoms with Crippen LogP contribution in [0.2, 0.25) is 5.02 Å². The van der Waals surface area contributed by atoms with E-state index < -0.39 is 28.5 Å². The number of amides is 2. The van der Waals surface area contributed by atoms with Crippen LogP contribution in [0.1, 0.15) is 19.4 Å². The summed E-state index contributed by atoms with van der Waals surface area (Å²) in [7, 11) is -3.75. The molecule has 0 aromatic heterocycles. The first kappa shape index (κ1) is 25.2. The van der Waals surface area contributed by atoms with Crippen molar-refractivity contribution >= 4 is 55.1 Å². The number of rotatable bonds is 9. The summed E-state index contributed by atoms with van der Waals surface area (Å²) in [6.45, 7) is 3.51. The maximum atomic E-state index is 13.3. The van der Waals surface area contributed by atoms with E-state index in [1.807, 2.05) is 0 Å². The minimum absolute atomic E-state index is 0.129. The minimum Gasteiger partial charge on any atom is -0.355 e. The molecule has 7 nitrogen and oxygen atoms in total. The van der Waals surface area contributed by atoms with Crippen LogP contribution in [0.4, 0.5) is 5.69 Å². The van der Waals surface area contributed by atoms with Crippen LogP contribution < -0.4 is 9.62 Å². The standard InChI is InChI=1S/C21H25BrClN3O4S/c1-4-24-21(28)15(2)25(13-16-8-10-18(23)11-9-16)20(27)14-26(31(3,29)30)19-7-5-6-17(22)12-19/h5-12,15H,4,13-14H2,1-3H3,(H,24,28)/t15-/m0/s1. The monoisotopic (exact) mass is 529 g/mol. The van der Waals surface area contributed by atoms with Gasteiger partial charge in [0.1, 0.15) is 12.6 Å². The van der Waals surface area contributed by atoms with E-state index in [1.54, 1.807) is 62.4 Å². The van der Waals surface area contributed by atoms with Crippen LogP contribution in [0.3, 0.4) is 0 Å². The van der Waals surface area contributed by atoms with Crippen molar-refractivity contribution in [2.45, 2.75) is 26.4 Å². The Morgan fingerprint density at radius 2 is 1.81 bits per heavy atom. The summed E-state index contributed by atoms with van der Waals surface area (Å²) in [5.41, 5.74) is 1.12. The van der Waals surface area contributed by atoms with E-state index in [1.165, 1.54) is 4.90 Å². The average Bonchev–Trinajstić information content (AvgIpc) is 2.70. The second-order valence-corrected chi connectivity index (χ2v) is 10.2. The smallest absolute Gasteiger partial charge is 0.244 e. The fourth-order valence-corrected chi connectivity index (χ4v) is 4.29. The number of nitrogens with zero attached hydrogens (tertiary/aromatic N) is 2. The van der Waals surface area contributed by atoms with Gasteiger partial charge in [-0.15, -0.1) is 0 Å². The first-order valence-electron chi connectivity index (χ1n) is 9.57. The highest BCUT2D eigenvalue weighted by Gasteiger charge is 2.29. The summed E-state index contributed by atoms with van der Waals surface area (Å²) in [5, 5.41) is 3.26. The second kappa shape index (κ2) is 11.0. The van der Waals surface area contributed by atoms with Gasteiger partial charge in [-0.05, 0) is 49.7 Å².